The van der Waals surface area contributed by atoms with E-state index in [2.05, 4.69) is 20.1 Å². The van der Waals surface area contributed by atoms with Gasteiger partial charge in [0.25, 0.3) is 0 Å². The summed E-state index contributed by atoms with van der Waals surface area (Å²) in [5.41, 5.74) is 8.68. The Morgan fingerprint density at radius 3 is 2.69 bits per heavy atom. The zero-order chi connectivity index (χ0) is 24.3. The van der Waals surface area contributed by atoms with E-state index in [1.54, 1.807) is 24.4 Å². The third-order valence-electron chi connectivity index (χ3n) is 7.52. The molecule has 3 aromatic heterocycles. The van der Waals surface area contributed by atoms with Crippen LogP contribution in [0.1, 0.15) is 32.0 Å². The van der Waals surface area contributed by atoms with Crippen LogP contribution in [0, 0.1) is 5.41 Å². The lowest BCUT2D eigenvalue weighted by molar-refractivity contribution is 0.0615. The summed E-state index contributed by atoms with van der Waals surface area (Å²) in [4.78, 5) is 11.6. The molecule has 2 atom stereocenters. The molecule has 4 aromatic rings. The summed E-state index contributed by atoms with van der Waals surface area (Å²) in [7, 11) is 0. The van der Waals surface area contributed by atoms with Crippen molar-refractivity contribution in [3.63, 3.8) is 0 Å². The molecular formula is C23H26F2N8O2. The van der Waals surface area contributed by atoms with Crippen molar-refractivity contribution in [1.82, 2.24) is 29.5 Å². The Labute approximate surface area is 199 Å². The highest BCUT2D eigenvalue weighted by molar-refractivity contribution is 5.82. The van der Waals surface area contributed by atoms with Crippen LogP contribution in [-0.2, 0) is 11.3 Å². The fourth-order valence-corrected chi connectivity index (χ4v) is 5.37. The van der Waals surface area contributed by atoms with Crippen LogP contribution in [0.2, 0.25) is 0 Å². The summed E-state index contributed by atoms with van der Waals surface area (Å²) >= 11 is 0. The maximum atomic E-state index is 13.3. The number of nitrogens with zero attached hydrogens (tertiary/aromatic N) is 7. The summed E-state index contributed by atoms with van der Waals surface area (Å²) in [6.45, 7) is 1.12. The number of fused-ring (bicyclic) bond motifs is 2. The lowest BCUT2D eigenvalue weighted by atomic mass is 9.73. The minimum absolute atomic E-state index is 0.00692. The molecule has 2 aliphatic heterocycles. The molecule has 1 spiro atoms. The van der Waals surface area contributed by atoms with Crippen molar-refractivity contribution in [1.29, 1.82) is 0 Å². The van der Waals surface area contributed by atoms with Gasteiger partial charge in [0.15, 0.2) is 11.5 Å². The van der Waals surface area contributed by atoms with Crippen molar-refractivity contribution in [3.05, 3.63) is 36.3 Å². The normalized spacial score (nSPS) is 22.3. The first-order valence-corrected chi connectivity index (χ1v) is 11.6. The summed E-state index contributed by atoms with van der Waals surface area (Å²) in [5, 5.41) is 18.9. The second-order valence-electron chi connectivity index (χ2n) is 9.42. The number of aliphatic hydroxyl groups excluding tert-OH is 1. The first-order valence-electron chi connectivity index (χ1n) is 11.6. The maximum Gasteiger partial charge on any atom is 0.333 e. The molecule has 5 heterocycles. The quantitative estimate of drug-likeness (QED) is 0.453. The van der Waals surface area contributed by atoms with E-state index in [9.17, 15) is 13.9 Å². The van der Waals surface area contributed by atoms with Crippen LogP contribution in [0.25, 0.3) is 27.8 Å². The Kier molecular flexibility index (Phi) is 5.20. The first kappa shape index (κ1) is 22.3. The average molecular weight is 485 g/mol. The monoisotopic (exact) mass is 484 g/mol. The van der Waals surface area contributed by atoms with Crippen molar-refractivity contribution < 1.29 is 18.6 Å². The van der Waals surface area contributed by atoms with Gasteiger partial charge < -0.3 is 20.5 Å². The van der Waals surface area contributed by atoms with Gasteiger partial charge >= 0.3 is 6.55 Å². The maximum absolute atomic E-state index is 13.3. The van der Waals surface area contributed by atoms with E-state index in [0.717, 1.165) is 25.9 Å². The predicted molar refractivity (Wildman–Crippen MR) is 124 cm³/mol. The summed E-state index contributed by atoms with van der Waals surface area (Å²) in [6, 6.07) is 5.07. The molecule has 1 aromatic carbocycles. The van der Waals surface area contributed by atoms with Crippen LogP contribution in [0.5, 0.6) is 0 Å². The number of anilines is 1. The number of nitrogens with two attached hydrogens (primary N) is 1. The van der Waals surface area contributed by atoms with Gasteiger partial charge in [-0.1, -0.05) is 0 Å². The van der Waals surface area contributed by atoms with E-state index in [-0.39, 0.29) is 24.2 Å². The topological polar surface area (TPSA) is 120 Å². The van der Waals surface area contributed by atoms with Crippen molar-refractivity contribution >= 4 is 27.9 Å². The zero-order valence-corrected chi connectivity index (χ0v) is 19.2. The van der Waals surface area contributed by atoms with Crippen LogP contribution in [0.15, 0.2) is 30.6 Å². The molecule has 12 heteroatoms. The van der Waals surface area contributed by atoms with Crippen LogP contribution < -0.4 is 10.6 Å². The summed E-state index contributed by atoms with van der Waals surface area (Å²) in [5.74, 6) is 0.626. The minimum atomic E-state index is -2.75. The fourth-order valence-electron chi connectivity index (χ4n) is 5.37. The van der Waals surface area contributed by atoms with E-state index in [4.69, 9.17) is 15.5 Å². The summed E-state index contributed by atoms with van der Waals surface area (Å²) < 4.78 is 34.7. The van der Waals surface area contributed by atoms with Crippen molar-refractivity contribution in [2.75, 3.05) is 24.6 Å². The molecule has 2 fully saturated rings. The van der Waals surface area contributed by atoms with E-state index in [1.807, 2.05) is 6.92 Å². The van der Waals surface area contributed by atoms with Crippen LogP contribution in [-0.4, -0.2) is 66.5 Å². The molecule has 35 heavy (non-hydrogen) atoms. The van der Waals surface area contributed by atoms with Crippen molar-refractivity contribution in [3.8, 4) is 5.69 Å². The highest BCUT2D eigenvalue weighted by atomic mass is 19.3. The van der Waals surface area contributed by atoms with Gasteiger partial charge in [0.1, 0.15) is 11.2 Å². The number of halogens is 2. The smallest absolute Gasteiger partial charge is 0.333 e. The van der Waals surface area contributed by atoms with Crippen molar-refractivity contribution in [2.24, 2.45) is 11.1 Å². The molecule has 0 radical (unpaired) electrons. The fraction of sp³-hybridized carbons (Fsp3) is 0.478. The number of alkyl halides is 2. The molecule has 0 bridgehead atoms. The molecular weight excluding hydrogens is 458 g/mol. The standard InChI is InChI=1S/C23H26F2N8O2/c1-13-19(26)23(12-35-13)4-6-31(7-5-23)20-17(11-34)30-21-16(29-20)10-28-32(21)15-3-2-14-9-27-33(22(24)25)18(14)8-15/h2-3,8-10,13,19,22,34H,4-7,11-12,26H2,1H3/t13-,19+/m0/s1. The van der Waals surface area contributed by atoms with E-state index < -0.39 is 6.55 Å². The number of benzene rings is 1. The Morgan fingerprint density at radius 2 is 2.00 bits per heavy atom. The molecule has 6 rings (SSSR count). The first-order chi connectivity index (χ1) is 16.9. The second kappa shape index (κ2) is 8.18. The number of rotatable bonds is 4. The van der Waals surface area contributed by atoms with Gasteiger partial charge in [-0.15, -0.1) is 0 Å². The number of aliphatic hydroxyl groups is 1. The molecule has 184 valence electrons. The molecule has 0 amide bonds. The van der Waals surface area contributed by atoms with Crippen LogP contribution in [0.3, 0.4) is 0 Å². The van der Waals surface area contributed by atoms with Gasteiger partial charge in [-0.2, -0.15) is 19.0 Å². The second-order valence-corrected chi connectivity index (χ2v) is 9.42. The minimum Gasteiger partial charge on any atom is -0.390 e. The van der Waals surface area contributed by atoms with Crippen LogP contribution >= 0.6 is 0 Å². The average Bonchev–Trinajstić information content (AvgIpc) is 3.56. The van der Waals surface area contributed by atoms with E-state index in [0.29, 0.717) is 50.6 Å². The van der Waals surface area contributed by atoms with Gasteiger partial charge in [-0.25, -0.2) is 19.3 Å². The Morgan fingerprint density at radius 1 is 1.20 bits per heavy atom. The summed E-state index contributed by atoms with van der Waals surface area (Å²) in [6.07, 6.45) is 4.79. The van der Waals surface area contributed by atoms with Crippen LogP contribution in [0.4, 0.5) is 14.6 Å². The number of hydrogen-bond donors (Lipinski definition) is 2. The highest BCUT2D eigenvalue weighted by Gasteiger charge is 2.47. The molecule has 0 saturated carbocycles. The molecule has 0 unspecified atom stereocenters. The largest absolute Gasteiger partial charge is 0.390 e. The SMILES string of the molecule is C[C@@H]1OCC2(CCN(c3nc4cnn(-c5ccc6cnn(C(F)F)c6c5)c4nc3CO)CC2)[C@@H]1N. The highest BCUT2D eigenvalue weighted by Crippen LogP contribution is 2.42. The predicted octanol–water partition coefficient (Wildman–Crippen LogP) is 2.39. The van der Waals surface area contributed by atoms with Gasteiger partial charge in [0.05, 0.1) is 42.9 Å². The third kappa shape index (κ3) is 3.46. The Bertz CT molecular complexity index is 1400. The molecule has 2 saturated heterocycles. The Hall–Kier alpha value is -3.22. The molecule has 3 N–H and O–H groups in total. The van der Waals surface area contributed by atoms with Gasteiger partial charge in [0, 0.05) is 29.9 Å². The zero-order valence-electron chi connectivity index (χ0n) is 19.2. The van der Waals surface area contributed by atoms with E-state index in [1.165, 1.54) is 10.9 Å². The lowest BCUT2D eigenvalue weighted by Gasteiger charge is -2.41. The number of hydrogen-bond acceptors (Lipinski definition) is 8. The van der Waals surface area contributed by atoms with Gasteiger partial charge in [0.2, 0.25) is 0 Å². The van der Waals surface area contributed by atoms with Crippen molar-refractivity contribution in [2.45, 2.75) is 45.1 Å². The number of piperidine rings is 1. The van der Waals surface area contributed by atoms with E-state index >= 15 is 0 Å². The van der Waals surface area contributed by atoms with Gasteiger partial charge in [-0.3, -0.25) is 0 Å². The Balaban J connectivity index is 1.34. The van der Waals surface area contributed by atoms with Gasteiger partial charge in [-0.05, 0) is 38.0 Å². The number of aromatic nitrogens is 6. The third-order valence-corrected chi connectivity index (χ3v) is 7.52. The molecule has 2 aliphatic rings. The lowest BCUT2D eigenvalue weighted by Crippen LogP contribution is -2.51. The molecule has 0 aliphatic carbocycles. The number of ether oxygens (including phenoxy) is 1. The molecule has 10 nitrogen and oxygen atoms in total.